The molecule has 0 rings (SSSR count). The Labute approximate surface area is 136 Å². The van der Waals surface area contributed by atoms with E-state index in [1.807, 2.05) is 0 Å². The predicted molar refractivity (Wildman–Crippen MR) is 81.5 cm³/mol. The molecule has 0 aliphatic heterocycles. The number of aliphatic hydroxyl groups excluding tert-OH is 1. The molecule has 0 spiro atoms. The van der Waals surface area contributed by atoms with Crippen molar-refractivity contribution in [2.45, 2.75) is 64.2 Å². The Bertz CT molecular complexity index is 124. The third kappa shape index (κ3) is 30.8. The van der Waals surface area contributed by atoms with Gasteiger partial charge >= 0.3 is 43.7 Å². The molecule has 0 atom stereocenters. The van der Waals surface area contributed by atoms with E-state index in [-0.39, 0.29) is 0 Å². The van der Waals surface area contributed by atoms with Crippen molar-refractivity contribution in [1.82, 2.24) is 0 Å². The summed E-state index contributed by atoms with van der Waals surface area (Å²) >= 11 is 3.47. The summed E-state index contributed by atoms with van der Waals surface area (Å²) in [5, 5.41) is 8.58. The van der Waals surface area contributed by atoms with Crippen LogP contribution in [0.3, 0.4) is 0 Å². The Balaban J connectivity index is 0. The number of hydrogen-bond acceptors (Lipinski definition) is 1. The monoisotopic (exact) mass is 415 g/mol. The van der Waals surface area contributed by atoms with Gasteiger partial charge in [0, 0.05) is 12.5 Å². The molecule has 0 aromatic heterocycles. The van der Waals surface area contributed by atoms with Crippen molar-refractivity contribution in [2.75, 3.05) is 12.5 Å². The zero-order valence-electron chi connectivity index (χ0n) is 10.9. The molecular formula is C12H25Cl4OZr. The minimum absolute atomic E-state index is 0.360. The molecule has 0 aromatic carbocycles. The van der Waals surface area contributed by atoms with Crippen molar-refractivity contribution in [1.29, 1.82) is 0 Å². The third-order valence-corrected chi connectivity index (χ3v) is 2.81. The summed E-state index contributed by atoms with van der Waals surface area (Å²) in [7, 11) is 15.0. The molecule has 0 aliphatic rings. The van der Waals surface area contributed by atoms with Gasteiger partial charge in [-0.2, -0.15) is 0 Å². The molecule has 6 heteroatoms. The standard InChI is InChI=1S/C12H25ClO.3ClH.Zr/c13-11-9-7-5-3-1-2-4-6-8-10-12-14;;;;/h14H,1-12H2;3*1H;/q;;;;+3/p-3. The number of halogens is 4. The summed E-state index contributed by atoms with van der Waals surface area (Å²) < 4.78 is 0. The van der Waals surface area contributed by atoms with Crippen molar-refractivity contribution in [2.24, 2.45) is 0 Å². The topological polar surface area (TPSA) is 20.2 Å². The van der Waals surface area contributed by atoms with E-state index in [2.05, 4.69) is 0 Å². The second kappa shape index (κ2) is 21.3. The van der Waals surface area contributed by atoms with Gasteiger partial charge < -0.3 is 5.11 Å². The fourth-order valence-electron chi connectivity index (χ4n) is 1.62. The molecule has 18 heavy (non-hydrogen) atoms. The van der Waals surface area contributed by atoms with Crippen LogP contribution in [-0.2, 0) is 18.2 Å². The van der Waals surface area contributed by atoms with E-state index < -0.39 is 18.2 Å². The second-order valence-electron chi connectivity index (χ2n) is 4.16. The van der Waals surface area contributed by atoms with E-state index in [0.29, 0.717) is 6.61 Å². The van der Waals surface area contributed by atoms with Gasteiger partial charge in [-0.3, -0.25) is 0 Å². The van der Waals surface area contributed by atoms with Gasteiger partial charge in [-0.15, -0.1) is 11.6 Å². The van der Waals surface area contributed by atoms with Crippen LogP contribution >= 0.6 is 37.1 Å². The van der Waals surface area contributed by atoms with Crippen molar-refractivity contribution < 1.29 is 23.3 Å². The van der Waals surface area contributed by atoms with Gasteiger partial charge in [-0.1, -0.05) is 51.4 Å². The maximum atomic E-state index is 8.58. The Morgan fingerprint density at radius 2 is 0.889 bits per heavy atom. The molecule has 0 fully saturated rings. The Morgan fingerprint density at radius 1 is 0.611 bits per heavy atom. The summed E-state index contributed by atoms with van der Waals surface area (Å²) in [5.41, 5.74) is 0. The fraction of sp³-hybridized carbons (Fsp3) is 1.00. The number of alkyl halides is 1. The number of aliphatic hydroxyl groups is 1. The van der Waals surface area contributed by atoms with E-state index >= 15 is 0 Å². The first-order valence-electron chi connectivity index (χ1n) is 6.65. The van der Waals surface area contributed by atoms with Crippen molar-refractivity contribution >= 4 is 37.1 Å². The zero-order chi connectivity index (χ0) is 14.1. The summed E-state index contributed by atoms with van der Waals surface area (Å²) in [5.74, 6) is 0.821. The Kier molecular flexibility index (Phi) is 26.4. The van der Waals surface area contributed by atoms with Gasteiger partial charge in [0.15, 0.2) is 0 Å². The normalized spacial score (nSPS) is 9.83. The van der Waals surface area contributed by atoms with Crippen LogP contribution in [0.1, 0.15) is 64.2 Å². The first kappa shape index (κ1) is 22.3. The first-order chi connectivity index (χ1) is 8.65. The minimum atomic E-state index is -2.13. The summed E-state index contributed by atoms with van der Waals surface area (Å²) in [6.45, 7) is 0.360. The van der Waals surface area contributed by atoms with E-state index in [9.17, 15) is 0 Å². The number of unbranched alkanes of at least 4 members (excludes halogenated alkanes) is 9. The molecule has 0 heterocycles. The van der Waals surface area contributed by atoms with Crippen molar-refractivity contribution in [3.63, 3.8) is 0 Å². The van der Waals surface area contributed by atoms with E-state index in [1.165, 1.54) is 57.8 Å². The van der Waals surface area contributed by atoms with E-state index in [0.717, 1.165) is 12.3 Å². The van der Waals surface area contributed by atoms with E-state index in [1.54, 1.807) is 0 Å². The van der Waals surface area contributed by atoms with Crippen LogP contribution in [0.5, 0.6) is 0 Å². The second-order valence-corrected chi connectivity index (χ2v) is 15.7. The average molecular weight is 418 g/mol. The molecular weight excluding hydrogens is 393 g/mol. The SMILES string of the molecule is OCCCCCCCCCCCCCl.[Cl][Zr]([Cl])[Cl]. The quantitative estimate of drug-likeness (QED) is 0.314. The van der Waals surface area contributed by atoms with Crippen LogP contribution in [0, 0.1) is 0 Å². The van der Waals surface area contributed by atoms with Gasteiger partial charge in [-0.05, 0) is 12.8 Å². The van der Waals surface area contributed by atoms with Crippen molar-refractivity contribution in [3.8, 4) is 0 Å². The molecule has 111 valence electrons. The van der Waals surface area contributed by atoms with Crippen molar-refractivity contribution in [3.05, 3.63) is 0 Å². The number of hydrogen-bond donors (Lipinski definition) is 1. The number of rotatable bonds is 11. The first-order valence-corrected chi connectivity index (χ1v) is 16.7. The van der Waals surface area contributed by atoms with Crippen LogP contribution in [0.4, 0.5) is 0 Å². The Morgan fingerprint density at radius 3 is 1.17 bits per heavy atom. The zero-order valence-corrected chi connectivity index (χ0v) is 16.4. The summed E-state index contributed by atoms with van der Waals surface area (Å²) in [6, 6.07) is 0. The van der Waals surface area contributed by atoms with Gasteiger partial charge in [0.25, 0.3) is 0 Å². The molecule has 0 bridgehead atoms. The van der Waals surface area contributed by atoms with Crippen LogP contribution in [0.15, 0.2) is 0 Å². The molecule has 0 radical (unpaired) electrons. The summed E-state index contributed by atoms with van der Waals surface area (Å²) in [6.07, 6.45) is 12.8. The maximum absolute atomic E-state index is 8.58. The molecule has 1 N–H and O–H groups in total. The van der Waals surface area contributed by atoms with Crippen LogP contribution in [0.2, 0.25) is 0 Å². The summed E-state index contributed by atoms with van der Waals surface area (Å²) in [4.78, 5) is 0. The molecule has 1 nitrogen and oxygen atoms in total. The van der Waals surface area contributed by atoms with Crippen LogP contribution in [-0.4, -0.2) is 17.6 Å². The third-order valence-electron chi connectivity index (χ3n) is 2.54. The van der Waals surface area contributed by atoms with Gasteiger partial charge in [0.1, 0.15) is 0 Å². The molecule has 0 unspecified atom stereocenters. The van der Waals surface area contributed by atoms with Gasteiger partial charge in [-0.25, -0.2) is 0 Å². The average Bonchev–Trinajstić information content (AvgIpc) is 2.31. The van der Waals surface area contributed by atoms with Gasteiger partial charge in [0.2, 0.25) is 0 Å². The molecule has 0 amide bonds. The van der Waals surface area contributed by atoms with Crippen LogP contribution in [0.25, 0.3) is 0 Å². The predicted octanol–water partition coefficient (Wildman–Crippen LogP) is 6.18. The Hall–Kier alpha value is 2.00. The fourth-order valence-corrected chi connectivity index (χ4v) is 1.81. The molecule has 0 aromatic rings. The van der Waals surface area contributed by atoms with Crippen LogP contribution < -0.4 is 0 Å². The molecule has 0 saturated heterocycles. The van der Waals surface area contributed by atoms with E-state index in [4.69, 9.17) is 42.2 Å². The van der Waals surface area contributed by atoms with Gasteiger partial charge in [0.05, 0.1) is 0 Å². The molecule has 0 saturated carbocycles. The molecule has 0 aliphatic carbocycles.